The SMILES string of the molecule is CCNC(=NCc1cc(OC)c(OC)cc1OC)NCC1CC1.I. The number of methoxy groups -OCH3 is 3. The Kier molecular flexibility index (Phi) is 9.02. The first-order valence-corrected chi connectivity index (χ1v) is 8.02. The molecule has 6 nitrogen and oxygen atoms in total. The number of rotatable bonds is 8. The van der Waals surface area contributed by atoms with Gasteiger partial charge in [0.15, 0.2) is 17.5 Å². The van der Waals surface area contributed by atoms with E-state index in [4.69, 9.17) is 14.2 Å². The minimum atomic E-state index is 0. The van der Waals surface area contributed by atoms with Gasteiger partial charge in [0.2, 0.25) is 0 Å². The molecule has 0 radical (unpaired) electrons. The van der Waals surface area contributed by atoms with Crippen molar-refractivity contribution in [3.8, 4) is 17.2 Å². The van der Waals surface area contributed by atoms with Crippen molar-refractivity contribution >= 4 is 29.9 Å². The predicted molar refractivity (Wildman–Crippen MR) is 107 cm³/mol. The maximum Gasteiger partial charge on any atom is 0.191 e. The van der Waals surface area contributed by atoms with Gasteiger partial charge in [-0.2, -0.15) is 0 Å². The van der Waals surface area contributed by atoms with E-state index < -0.39 is 0 Å². The van der Waals surface area contributed by atoms with E-state index in [1.165, 1.54) is 12.8 Å². The molecule has 0 atom stereocenters. The first-order valence-electron chi connectivity index (χ1n) is 8.02. The molecule has 0 bridgehead atoms. The normalized spacial score (nSPS) is 13.8. The van der Waals surface area contributed by atoms with E-state index in [2.05, 4.69) is 22.5 Å². The molecule has 1 aliphatic carbocycles. The number of aliphatic imine (C=N–C) groups is 1. The van der Waals surface area contributed by atoms with Gasteiger partial charge in [0.25, 0.3) is 0 Å². The Morgan fingerprint density at radius 1 is 1.04 bits per heavy atom. The number of hydrogen-bond donors (Lipinski definition) is 2. The summed E-state index contributed by atoms with van der Waals surface area (Å²) >= 11 is 0. The van der Waals surface area contributed by atoms with Gasteiger partial charge >= 0.3 is 0 Å². The van der Waals surface area contributed by atoms with Gasteiger partial charge in [0, 0.05) is 24.7 Å². The van der Waals surface area contributed by atoms with E-state index in [0.29, 0.717) is 18.0 Å². The van der Waals surface area contributed by atoms with Gasteiger partial charge < -0.3 is 24.8 Å². The fourth-order valence-corrected chi connectivity index (χ4v) is 2.28. The standard InChI is InChI=1S/C17H27N3O3.HI/c1-5-18-17(19-10-12-6-7-12)20-11-13-8-15(22-3)16(23-4)9-14(13)21-2;/h8-9,12H,5-7,10-11H2,1-4H3,(H2,18,19,20);1H. The summed E-state index contributed by atoms with van der Waals surface area (Å²) in [5.74, 6) is 3.69. The Morgan fingerprint density at radius 3 is 2.21 bits per heavy atom. The number of guanidine groups is 1. The van der Waals surface area contributed by atoms with Crippen molar-refractivity contribution in [2.45, 2.75) is 26.3 Å². The molecular weight excluding hydrogens is 421 g/mol. The third-order valence-corrected chi connectivity index (χ3v) is 3.79. The van der Waals surface area contributed by atoms with Crippen LogP contribution in [0.1, 0.15) is 25.3 Å². The summed E-state index contributed by atoms with van der Waals surface area (Å²) in [6, 6.07) is 3.74. The molecule has 0 heterocycles. The van der Waals surface area contributed by atoms with Gasteiger partial charge in [0.05, 0.1) is 27.9 Å². The van der Waals surface area contributed by atoms with E-state index >= 15 is 0 Å². The average Bonchev–Trinajstić information content (AvgIpc) is 3.40. The monoisotopic (exact) mass is 449 g/mol. The van der Waals surface area contributed by atoms with E-state index in [1.807, 2.05) is 12.1 Å². The van der Waals surface area contributed by atoms with E-state index in [0.717, 1.165) is 36.3 Å². The van der Waals surface area contributed by atoms with Gasteiger partial charge in [-0.05, 0) is 31.7 Å². The Hall–Kier alpha value is -1.38. The van der Waals surface area contributed by atoms with Crippen molar-refractivity contribution in [2.75, 3.05) is 34.4 Å². The summed E-state index contributed by atoms with van der Waals surface area (Å²) in [7, 11) is 4.88. The number of hydrogen-bond acceptors (Lipinski definition) is 4. The molecule has 0 unspecified atom stereocenters. The van der Waals surface area contributed by atoms with Gasteiger partial charge in [-0.1, -0.05) is 0 Å². The minimum absolute atomic E-state index is 0. The van der Waals surface area contributed by atoms with E-state index in [1.54, 1.807) is 21.3 Å². The Morgan fingerprint density at radius 2 is 1.67 bits per heavy atom. The second-order valence-electron chi connectivity index (χ2n) is 5.54. The average molecular weight is 449 g/mol. The van der Waals surface area contributed by atoms with Crippen LogP contribution in [-0.4, -0.2) is 40.4 Å². The second kappa shape index (κ2) is 10.5. The minimum Gasteiger partial charge on any atom is -0.496 e. The lowest BCUT2D eigenvalue weighted by Crippen LogP contribution is -2.38. The van der Waals surface area contributed by atoms with Crippen LogP contribution in [0.3, 0.4) is 0 Å². The Bertz CT molecular complexity index is 548. The van der Waals surface area contributed by atoms with Crippen LogP contribution in [0.4, 0.5) is 0 Å². The number of nitrogens with zero attached hydrogens (tertiary/aromatic N) is 1. The maximum absolute atomic E-state index is 5.44. The molecule has 0 spiro atoms. The zero-order valence-corrected chi connectivity index (χ0v) is 17.2. The van der Waals surface area contributed by atoms with Gasteiger partial charge in [-0.25, -0.2) is 4.99 Å². The summed E-state index contributed by atoms with van der Waals surface area (Å²) < 4.78 is 16.1. The Labute approximate surface area is 161 Å². The number of benzene rings is 1. The highest BCUT2D eigenvalue weighted by Gasteiger charge is 2.21. The smallest absolute Gasteiger partial charge is 0.191 e. The number of halogens is 1. The lowest BCUT2D eigenvalue weighted by atomic mass is 10.1. The molecular formula is C17H28IN3O3. The highest BCUT2D eigenvalue weighted by Crippen LogP contribution is 2.34. The van der Waals surface area contributed by atoms with Crippen molar-refractivity contribution in [3.05, 3.63) is 17.7 Å². The van der Waals surface area contributed by atoms with Crippen LogP contribution in [0.5, 0.6) is 17.2 Å². The van der Waals surface area contributed by atoms with Crippen molar-refractivity contribution < 1.29 is 14.2 Å². The van der Waals surface area contributed by atoms with Crippen LogP contribution < -0.4 is 24.8 Å². The first kappa shape index (κ1) is 20.7. The molecule has 0 saturated heterocycles. The van der Waals surface area contributed by atoms with Crippen molar-refractivity contribution in [2.24, 2.45) is 10.9 Å². The molecule has 1 aliphatic rings. The van der Waals surface area contributed by atoms with Crippen LogP contribution in [0, 0.1) is 5.92 Å². The highest BCUT2D eigenvalue weighted by atomic mass is 127. The molecule has 1 aromatic carbocycles. The molecule has 136 valence electrons. The largest absolute Gasteiger partial charge is 0.496 e. The summed E-state index contributed by atoms with van der Waals surface area (Å²) in [5.41, 5.74) is 0.953. The molecule has 1 fully saturated rings. The second-order valence-corrected chi connectivity index (χ2v) is 5.54. The van der Waals surface area contributed by atoms with Crippen LogP contribution in [0.15, 0.2) is 17.1 Å². The number of ether oxygens (including phenoxy) is 3. The van der Waals surface area contributed by atoms with Crippen molar-refractivity contribution in [1.82, 2.24) is 10.6 Å². The lowest BCUT2D eigenvalue weighted by Gasteiger charge is -2.14. The quantitative estimate of drug-likeness (QED) is 0.363. The molecule has 1 saturated carbocycles. The zero-order valence-electron chi connectivity index (χ0n) is 14.8. The van der Waals surface area contributed by atoms with Gasteiger partial charge in [-0.3, -0.25) is 0 Å². The highest BCUT2D eigenvalue weighted by molar-refractivity contribution is 14.0. The van der Waals surface area contributed by atoms with Gasteiger partial charge in [0.1, 0.15) is 5.75 Å². The summed E-state index contributed by atoms with van der Waals surface area (Å²) in [6.07, 6.45) is 2.63. The molecule has 0 aliphatic heterocycles. The zero-order chi connectivity index (χ0) is 16.7. The first-order chi connectivity index (χ1) is 11.2. The molecule has 0 aromatic heterocycles. The molecule has 0 amide bonds. The van der Waals surface area contributed by atoms with E-state index in [9.17, 15) is 0 Å². The van der Waals surface area contributed by atoms with Crippen LogP contribution in [-0.2, 0) is 6.54 Å². The summed E-state index contributed by atoms with van der Waals surface area (Å²) in [6.45, 7) is 4.38. The molecule has 2 rings (SSSR count). The van der Waals surface area contributed by atoms with Crippen LogP contribution >= 0.6 is 24.0 Å². The molecule has 1 aromatic rings. The van der Waals surface area contributed by atoms with Crippen molar-refractivity contribution in [1.29, 1.82) is 0 Å². The van der Waals surface area contributed by atoms with Crippen LogP contribution in [0.25, 0.3) is 0 Å². The lowest BCUT2D eigenvalue weighted by molar-refractivity contribution is 0.347. The fourth-order valence-electron chi connectivity index (χ4n) is 2.28. The molecule has 24 heavy (non-hydrogen) atoms. The predicted octanol–water partition coefficient (Wildman–Crippen LogP) is 2.80. The van der Waals surface area contributed by atoms with E-state index in [-0.39, 0.29) is 24.0 Å². The topological polar surface area (TPSA) is 64.1 Å². The third-order valence-electron chi connectivity index (χ3n) is 3.79. The van der Waals surface area contributed by atoms with Crippen LogP contribution in [0.2, 0.25) is 0 Å². The van der Waals surface area contributed by atoms with Crippen molar-refractivity contribution in [3.63, 3.8) is 0 Å². The molecule has 7 heteroatoms. The number of nitrogens with one attached hydrogen (secondary N) is 2. The summed E-state index contributed by atoms with van der Waals surface area (Å²) in [4.78, 5) is 4.64. The molecule has 2 N–H and O–H groups in total. The third kappa shape index (κ3) is 5.92. The maximum atomic E-state index is 5.44. The fraction of sp³-hybridized carbons (Fsp3) is 0.588. The summed E-state index contributed by atoms with van der Waals surface area (Å²) in [5, 5.41) is 6.65. The Balaban J connectivity index is 0.00000288. The van der Waals surface area contributed by atoms with Gasteiger partial charge in [-0.15, -0.1) is 24.0 Å².